The Hall–Kier alpha value is -2.90. The van der Waals surface area contributed by atoms with E-state index in [-0.39, 0.29) is 35.7 Å². The summed E-state index contributed by atoms with van der Waals surface area (Å²) in [4.78, 5) is 34.4. The summed E-state index contributed by atoms with van der Waals surface area (Å²) in [5.74, 6) is 0.473. The van der Waals surface area contributed by atoms with E-state index in [1.165, 1.54) is 0 Å². The first-order valence-electron chi connectivity index (χ1n) is 14.8. The zero-order chi connectivity index (χ0) is 30.8. The van der Waals surface area contributed by atoms with Crippen molar-refractivity contribution < 1.29 is 9.59 Å². The number of nitrogens with zero attached hydrogens (tertiary/aromatic N) is 2. The Bertz CT molecular complexity index is 1340. The van der Waals surface area contributed by atoms with Gasteiger partial charge in [-0.05, 0) is 91.7 Å². The van der Waals surface area contributed by atoms with Crippen LogP contribution >= 0.6 is 23.2 Å². The van der Waals surface area contributed by atoms with Crippen molar-refractivity contribution in [2.24, 2.45) is 28.0 Å². The molecule has 42 heavy (non-hydrogen) atoms. The molecule has 1 fully saturated rings. The first-order chi connectivity index (χ1) is 19.7. The van der Waals surface area contributed by atoms with Crippen molar-refractivity contribution in [3.8, 4) is 0 Å². The van der Waals surface area contributed by atoms with Gasteiger partial charge >= 0.3 is 0 Å². The Labute approximate surface area is 259 Å². The van der Waals surface area contributed by atoms with E-state index in [0.29, 0.717) is 38.7 Å². The molecule has 0 saturated heterocycles. The number of halogens is 2. The highest BCUT2D eigenvalue weighted by Gasteiger charge is 2.52. The van der Waals surface area contributed by atoms with E-state index in [2.05, 4.69) is 39.9 Å². The van der Waals surface area contributed by atoms with Crippen LogP contribution < -0.4 is 11.1 Å². The van der Waals surface area contributed by atoms with Gasteiger partial charge in [0.25, 0.3) is 11.8 Å². The van der Waals surface area contributed by atoms with Gasteiger partial charge in [-0.15, -0.1) is 0 Å². The van der Waals surface area contributed by atoms with Crippen LogP contribution in [0.5, 0.6) is 0 Å². The summed E-state index contributed by atoms with van der Waals surface area (Å²) < 4.78 is 0. The lowest BCUT2D eigenvalue weighted by molar-refractivity contribution is -0.133. The Morgan fingerprint density at radius 2 is 1.69 bits per heavy atom. The molecule has 1 saturated carbocycles. The second-order valence-electron chi connectivity index (χ2n) is 13.2. The average molecular weight is 613 g/mol. The topological polar surface area (TPSA) is 112 Å². The highest BCUT2D eigenvalue weighted by atomic mass is 35.5. The minimum absolute atomic E-state index is 0.00834. The van der Waals surface area contributed by atoms with Crippen LogP contribution in [0.4, 0.5) is 0 Å². The number of nitrogens with two attached hydrogens (primary N) is 1. The zero-order valence-corrected chi connectivity index (χ0v) is 26.8. The van der Waals surface area contributed by atoms with Gasteiger partial charge in [-0.1, -0.05) is 70.0 Å². The second kappa shape index (κ2) is 12.8. The molecule has 2 aromatic rings. The van der Waals surface area contributed by atoms with Gasteiger partial charge in [0.1, 0.15) is 17.2 Å². The monoisotopic (exact) mass is 611 g/mol. The molecule has 2 aliphatic rings. The van der Waals surface area contributed by atoms with E-state index in [1.54, 1.807) is 30.3 Å². The zero-order valence-electron chi connectivity index (χ0n) is 25.3. The van der Waals surface area contributed by atoms with Crippen molar-refractivity contribution in [3.05, 3.63) is 69.2 Å². The van der Waals surface area contributed by atoms with Crippen LogP contribution in [0.15, 0.2) is 47.5 Å². The highest BCUT2D eigenvalue weighted by molar-refractivity contribution is 6.47. The maximum absolute atomic E-state index is 14.5. The molecule has 0 bridgehead atoms. The summed E-state index contributed by atoms with van der Waals surface area (Å²) in [7, 11) is 0. The number of carbonyl (C=O) groups excluding carboxylic acids is 2. The summed E-state index contributed by atoms with van der Waals surface area (Å²) in [5.41, 5.74) is 7.39. The van der Waals surface area contributed by atoms with E-state index in [1.807, 2.05) is 17.0 Å². The smallest absolute Gasteiger partial charge is 0.275 e. The molecule has 7 nitrogen and oxygen atoms in total. The normalized spacial score (nSPS) is 21.5. The first-order valence-corrected chi connectivity index (χ1v) is 15.6. The van der Waals surface area contributed by atoms with Crippen LogP contribution in [-0.4, -0.2) is 40.5 Å². The number of hydrogen-bond donors (Lipinski definition) is 3. The number of benzene rings is 2. The lowest BCUT2D eigenvalue weighted by Gasteiger charge is -2.47. The molecule has 226 valence electrons. The van der Waals surface area contributed by atoms with Gasteiger partial charge in [-0.3, -0.25) is 20.0 Å². The fraction of sp³-hybridized carbons (Fsp3) is 0.515. The maximum Gasteiger partial charge on any atom is 0.275 e. The van der Waals surface area contributed by atoms with Crippen LogP contribution in [0, 0.1) is 22.7 Å². The first kappa shape index (κ1) is 32.0. The highest BCUT2D eigenvalue weighted by Crippen LogP contribution is 2.50. The Balaban J connectivity index is 1.75. The van der Waals surface area contributed by atoms with E-state index >= 15 is 0 Å². The van der Waals surface area contributed by atoms with E-state index in [9.17, 15) is 9.59 Å². The average Bonchev–Trinajstić information content (AvgIpc) is 3.18. The SMILES string of the molecule is CC(C)CCC(c1ccc(C(=O)NCC(=N)N)cc1)N1C(=O)C(c2cc(Cl)cc(Cl)c2)=NC12CCC(C(C)(C)C)CC2. The third-order valence-corrected chi connectivity index (χ3v) is 9.10. The molecule has 0 aromatic heterocycles. The molecule has 9 heteroatoms. The summed E-state index contributed by atoms with van der Waals surface area (Å²) in [6.45, 7) is 11.2. The molecule has 1 unspecified atom stereocenters. The van der Waals surface area contributed by atoms with Crippen molar-refractivity contribution >= 4 is 46.6 Å². The molecule has 1 heterocycles. The third kappa shape index (κ3) is 7.17. The second-order valence-corrected chi connectivity index (χ2v) is 14.1. The largest absolute Gasteiger partial charge is 0.386 e. The fourth-order valence-electron chi connectivity index (χ4n) is 6.29. The minimum Gasteiger partial charge on any atom is -0.386 e. The summed E-state index contributed by atoms with van der Waals surface area (Å²) >= 11 is 12.7. The van der Waals surface area contributed by atoms with Crippen LogP contribution in [0.1, 0.15) is 101 Å². The van der Waals surface area contributed by atoms with Gasteiger partial charge in [0.15, 0.2) is 0 Å². The standard InChI is InChI=1S/C33H43Cl2N5O2/c1-20(2)6-11-27(21-7-9-22(10-8-21)30(41)38-19-28(36)37)40-31(42)29(23-16-25(34)18-26(35)17-23)39-33(40)14-12-24(13-15-33)32(3,4)5/h7-10,16-18,20,24,27H,6,11-15,19H2,1-5H3,(H3,36,37)(H,38,41). The van der Waals surface area contributed by atoms with E-state index < -0.39 is 5.66 Å². The molecule has 4 rings (SSSR count). The molecular weight excluding hydrogens is 569 g/mol. The summed E-state index contributed by atoms with van der Waals surface area (Å²) in [5, 5.41) is 11.0. The summed E-state index contributed by atoms with van der Waals surface area (Å²) in [6, 6.07) is 12.4. The minimum atomic E-state index is -0.665. The van der Waals surface area contributed by atoms with Crippen LogP contribution in [0.25, 0.3) is 0 Å². The number of carbonyl (C=O) groups is 2. The fourth-order valence-corrected chi connectivity index (χ4v) is 6.82. The molecule has 1 aliphatic heterocycles. The van der Waals surface area contributed by atoms with E-state index in [0.717, 1.165) is 44.1 Å². The van der Waals surface area contributed by atoms with Crippen molar-refractivity contribution in [1.82, 2.24) is 10.2 Å². The molecule has 2 aromatic carbocycles. The van der Waals surface area contributed by atoms with Crippen molar-refractivity contribution in [2.75, 3.05) is 6.54 Å². The molecule has 1 atom stereocenters. The number of aliphatic imine (C=N–C) groups is 1. The maximum atomic E-state index is 14.5. The van der Waals surface area contributed by atoms with Gasteiger partial charge in [0.2, 0.25) is 0 Å². The van der Waals surface area contributed by atoms with Gasteiger partial charge in [0, 0.05) is 21.2 Å². The Kier molecular flexibility index (Phi) is 9.73. The molecule has 4 N–H and O–H groups in total. The van der Waals surface area contributed by atoms with Crippen molar-refractivity contribution in [1.29, 1.82) is 5.41 Å². The van der Waals surface area contributed by atoms with Crippen molar-refractivity contribution in [2.45, 2.75) is 84.8 Å². The Morgan fingerprint density at radius 1 is 1.10 bits per heavy atom. The van der Waals surface area contributed by atoms with Gasteiger partial charge in [0.05, 0.1) is 12.6 Å². The van der Waals surface area contributed by atoms with E-state index in [4.69, 9.17) is 39.3 Å². The number of rotatable bonds is 9. The lowest BCUT2D eigenvalue weighted by Crippen LogP contribution is -2.51. The molecule has 0 radical (unpaired) electrons. The molecule has 2 amide bonds. The number of hydrogen-bond acceptors (Lipinski definition) is 4. The van der Waals surface area contributed by atoms with Crippen LogP contribution in [-0.2, 0) is 4.79 Å². The molecular formula is C33H43Cl2N5O2. The molecule has 1 spiro atoms. The number of amidine groups is 1. The predicted octanol–water partition coefficient (Wildman–Crippen LogP) is 7.40. The van der Waals surface area contributed by atoms with Crippen LogP contribution in [0.2, 0.25) is 10.0 Å². The van der Waals surface area contributed by atoms with Gasteiger partial charge in [-0.2, -0.15) is 0 Å². The predicted molar refractivity (Wildman–Crippen MR) is 171 cm³/mol. The third-order valence-electron chi connectivity index (χ3n) is 8.66. The number of nitrogens with one attached hydrogen (secondary N) is 2. The quantitative estimate of drug-likeness (QED) is 0.203. The lowest BCUT2D eigenvalue weighted by atomic mass is 9.69. The molecule has 1 aliphatic carbocycles. The Morgan fingerprint density at radius 3 is 2.21 bits per heavy atom. The van der Waals surface area contributed by atoms with Gasteiger partial charge < -0.3 is 16.0 Å². The number of amides is 2. The van der Waals surface area contributed by atoms with Crippen LogP contribution in [0.3, 0.4) is 0 Å². The summed E-state index contributed by atoms with van der Waals surface area (Å²) in [6.07, 6.45) is 5.21. The van der Waals surface area contributed by atoms with Crippen molar-refractivity contribution in [3.63, 3.8) is 0 Å². The van der Waals surface area contributed by atoms with Gasteiger partial charge in [-0.25, -0.2) is 0 Å².